The van der Waals surface area contributed by atoms with Crippen molar-refractivity contribution in [3.63, 3.8) is 0 Å². The normalized spacial score (nSPS) is 15.9. The molecule has 2 rings (SSSR count). The van der Waals surface area contributed by atoms with Crippen molar-refractivity contribution in [2.75, 3.05) is 13.1 Å². The van der Waals surface area contributed by atoms with Crippen molar-refractivity contribution in [3.05, 3.63) is 41.6 Å². The van der Waals surface area contributed by atoms with Crippen LogP contribution >= 0.6 is 0 Å². The Kier molecular flexibility index (Phi) is 3.37. The molecule has 0 unspecified atom stereocenters. The largest absolute Gasteiger partial charge is 0.507 e. The van der Waals surface area contributed by atoms with Crippen molar-refractivity contribution in [2.45, 2.75) is 6.43 Å². The molecule has 90 valence electrons. The third-order valence-corrected chi connectivity index (χ3v) is 2.43. The van der Waals surface area contributed by atoms with E-state index in [1.165, 1.54) is 12.1 Å². The van der Waals surface area contributed by atoms with Crippen LogP contribution in [0, 0.1) is 0 Å². The van der Waals surface area contributed by atoms with Crippen LogP contribution in [0.2, 0.25) is 0 Å². The van der Waals surface area contributed by atoms with Crippen molar-refractivity contribution in [2.24, 2.45) is 4.99 Å². The third-order valence-electron chi connectivity index (χ3n) is 2.43. The number of halogens is 2. The van der Waals surface area contributed by atoms with Crippen LogP contribution in [0.25, 0.3) is 0 Å². The summed E-state index contributed by atoms with van der Waals surface area (Å²) in [6.07, 6.45) is -1.28. The van der Waals surface area contributed by atoms with E-state index in [1.807, 2.05) is 0 Å². The van der Waals surface area contributed by atoms with Crippen molar-refractivity contribution in [1.29, 1.82) is 0 Å². The topological polar surface area (TPSA) is 44.6 Å². The molecular formula is C12H12F2N2O. The van der Waals surface area contributed by atoms with Crippen LogP contribution in [0.3, 0.4) is 0 Å². The van der Waals surface area contributed by atoms with Gasteiger partial charge in [-0.2, -0.15) is 0 Å². The number of nitrogens with zero attached hydrogens (tertiary/aromatic N) is 1. The quantitative estimate of drug-likeness (QED) is 0.827. The smallest absolute Gasteiger partial charge is 0.277 e. The minimum atomic E-state index is -2.57. The molecule has 0 saturated carbocycles. The van der Waals surface area contributed by atoms with E-state index < -0.39 is 6.43 Å². The Morgan fingerprint density at radius 2 is 2.06 bits per heavy atom. The summed E-state index contributed by atoms with van der Waals surface area (Å²) in [6, 6.07) is 6.56. The number of allylic oxidation sites excluding steroid dienone is 2. The van der Waals surface area contributed by atoms with Crippen LogP contribution in [-0.2, 0) is 0 Å². The van der Waals surface area contributed by atoms with E-state index in [2.05, 4.69) is 10.3 Å². The number of benzene rings is 1. The van der Waals surface area contributed by atoms with Gasteiger partial charge in [0, 0.05) is 12.1 Å². The summed E-state index contributed by atoms with van der Waals surface area (Å²) in [4.78, 5) is 4.17. The van der Waals surface area contributed by atoms with Crippen molar-refractivity contribution < 1.29 is 13.9 Å². The van der Waals surface area contributed by atoms with E-state index >= 15 is 0 Å². The molecule has 0 aliphatic carbocycles. The molecule has 0 bridgehead atoms. The standard InChI is InChI=1S/C12H12F2N2O/c13-12(14)10-7-9(15-5-6-16-10)8-3-1-2-4-11(8)17/h1-4,7,12,16-17H,5-6H2. The van der Waals surface area contributed by atoms with Gasteiger partial charge >= 0.3 is 0 Å². The average molecular weight is 238 g/mol. The van der Waals surface area contributed by atoms with E-state index in [4.69, 9.17) is 0 Å². The van der Waals surface area contributed by atoms with Crippen LogP contribution in [0.15, 0.2) is 41.0 Å². The Balaban J connectivity index is 2.39. The number of para-hydroxylation sites is 1. The summed E-state index contributed by atoms with van der Waals surface area (Å²) in [7, 11) is 0. The molecule has 0 fully saturated rings. The Morgan fingerprint density at radius 1 is 1.29 bits per heavy atom. The molecule has 0 spiro atoms. The molecule has 1 heterocycles. The number of aromatic hydroxyl groups is 1. The number of hydrogen-bond donors (Lipinski definition) is 2. The number of rotatable bonds is 2. The molecule has 0 aromatic heterocycles. The van der Waals surface area contributed by atoms with Crippen molar-refractivity contribution in [3.8, 4) is 5.75 Å². The highest BCUT2D eigenvalue weighted by Gasteiger charge is 2.16. The highest BCUT2D eigenvalue weighted by atomic mass is 19.3. The maximum atomic E-state index is 12.6. The van der Waals surface area contributed by atoms with E-state index in [9.17, 15) is 13.9 Å². The van der Waals surface area contributed by atoms with Crippen LogP contribution in [-0.4, -0.2) is 30.3 Å². The molecule has 1 aliphatic rings. The predicted molar refractivity (Wildman–Crippen MR) is 61.6 cm³/mol. The molecule has 1 aromatic carbocycles. The van der Waals surface area contributed by atoms with Gasteiger partial charge in [0.25, 0.3) is 6.43 Å². The van der Waals surface area contributed by atoms with E-state index in [-0.39, 0.29) is 11.4 Å². The summed E-state index contributed by atoms with van der Waals surface area (Å²) in [5.74, 6) is 0.0398. The second-order valence-corrected chi connectivity index (χ2v) is 3.61. The maximum absolute atomic E-state index is 12.6. The predicted octanol–water partition coefficient (Wildman–Crippen LogP) is 1.93. The summed E-state index contributed by atoms with van der Waals surface area (Å²) in [6.45, 7) is 0.768. The van der Waals surface area contributed by atoms with Crippen LogP contribution < -0.4 is 5.32 Å². The molecule has 0 amide bonds. The zero-order valence-corrected chi connectivity index (χ0v) is 9.03. The van der Waals surface area contributed by atoms with Crippen LogP contribution in [0.5, 0.6) is 5.75 Å². The van der Waals surface area contributed by atoms with Gasteiger partial charge < -0.3 is 10.4 Å². The monoisotopic (exact) mass is 238 g/mol. The Labute approximate surface area is 97.5 Å². The summed E-state index contributed by atoms with van der Waals surface area (Å²) in [5, 5.41) is 12.3. The maximum Gasteiger partial charge on any atom is 0.277 e. The van der Waals surface area contributed by atoms with E-state index in [1.54, 1.807) is 18.2 Å². The van der Waals surface area contributed by atoms with Gasteiger partial charge in [0.15, 0.2) is 0 Å². The molecule has 0 radical (unpaired) electrons. The van der Waals surface area contributed by atoms with Gasteiger partial charge in [-0.1, -0.05) is 12.1 Å². The fourth-order valence-corrected chi connectivity index (χ4v) is 1.61. The second kappa shape index (κ2) is 4.95. The first-order chi connectivity index (χ1) is 8.18. The zero-order valence-electron chi connectivity index (χ0n) is 9.03. The number of nitrogens with one attached hydrogen (secondary N) is 1. The van der Waals surface area contributed by atoms with Gasteiger partial charge in [-0.05, 0) is 18.2 Å². The van der Waals surface area contributed by atoms with Gasteiger partial charge in [0.2, 0.25) is 0 Å². The molecule has 0 atom stereocenters. The van der Waals surface area contributed by atoms with Crippen LogP contribution in [0.1, 0.15) is 5.56 Å². The van der Waals surface area contributed by atoms with E-state index in [0.717, 1.165) is 0 Å². The van der Waals surface area contributed by atoms with Crippen molar-refractivity contribution >= 4 is 5.71 Å². The first kappa shape index (κ1) is 11.6. The fourth-order valence-electron chi connectivity index (χ4n) is 1.61. The SMILES string of the molecule is Oc1ccccc1C1=NCCNC(C(F)F)=C1. The molecule has 1 aromatic rings. The van der Waals surface area contributed by atoms with Gasteiger partial charge in [0.05, 0.1) is 18.0 Å². The second-order valence-electron chi connectivity index (χ2n) is 3.61. The molecule has 2 N–H and O–H groups in total. The fraction of sp³-hybridized carbons (Fsp3) is 0.250. The highest BCUT2D eigenvalue weighted by Crippen LogP contribution is 2.19. The lowest BCUT2D eigenvalue weighted by Crippen LogP contribution is -2.20. The first-order valence-electron chi connectivity index (χ1n) is 5.25. The number of alkyl halides is 2. The Bertz CT molecular complexity index is 469. The summed E-state index contributed by atoms with van der Waals surface area (Å²) in [5.41, 5.74) is 0.683. The third kappa shape index (κ3) is 2.61. The van der Waals surface area contributed by atoms with E-state index in [0.29, 0.717) is 24.4 Å². The highest BCUT2D eigenvalue weighted by molar-refractivity contribution is 6.10. The lowest BCUT2D eigenvalue weighted by molar-refractivity contribution is 0.181. The minimum Gasteiger partial charge on any atom is -0.507 e. The minimum absolute atomic E-state index is 0.0398. The number of phenolic OH excluding ortho intramolecular Hbond substituents is 1. The Morgan fingerprint density at radius 3 is 2.76 bits per heavy atom. The number of hydrogen-bond acceptors (Lipinski definition) is 3. The average Bonchev–Trinajstić information content (AvgIpc) is 2.55. The van der Waals surface area contributed by atoms with Crippen molar-refractivity contribution in [1.82, 2.24) is 5.32 Å². The van der Waals surface area contributed by atoms with Gasteiger partial charge in [-0.3, -0.25) is 4.99 Å². The van der Waals surface area contributed by atoms with Gasteiger partial charge in [0.1, 0.15) is 5.75 Å². The lowest BCUT2D eigenvalue weighted by Gasteiger charge is -2.07. The summed E-state index contributed by atoms with van der Waals surface area (Å²) < 4.78 is 25.3. The number of phenols is 1. The zero-order chi connectivity index (χ0) is 12.3. The van der Waals surface area contributed by atoms with Gasteiger partial charge in [-0.25, -0.2) is 8.78 Å². The molecule has 5 heteroatoms. The summed E-state index contributed by atoms with van der Waals surface area (Å²) >= 11 is 0. The van der Waals surface area contributed by atoms with Crippen LogP contribution in [0.4, 0.5) is 8.78 Å². The van der Waals surface area contributed by atoms with Gasteiger partial charge in [-0.15, -0.1) is 0 Å². The lowest BCUT2D eigenvalue weighted by atomic mass is 10.1. The Hall–Kier alpha value is -1.91. The molecular weight excluding hydrogens is 226 g/mol. The molecule has 3 nitrogen and oxygen atoms in total. The molecule has 17 heavy (non-hydrogen) atoms. The molecule has 0 saturated heterocycles. The first-order valence-corrected chi connectivity index (χ1v) is 5.25. The number of aliphatic imine (C=N–C) groups is 1. The molecule has 1 aliphatic heterocycles.